The lowest BCUT2D eigenvalue weighted by atomic mass is 9.70. The first-order valence-electron chi connectivity index (χ1n) is 6.77. The number of hydrogen-bond donors (Lipinski definition) is 0. The van der Waals surface area contributed by atoms with Crippen LogP contribution in [-0.4, -0.2) is 36.6 Å². The minimum absolute atomic E-state index is 0.0651. The van der Waals surface area contributed by atoms with Crippen LogP contribution in [0.1, 0.15) is 30.1 Å². The van der Waals surface area contributed by atoms with Crippen LogP contribution in [0.5, 0.6) is 0 Å². The maximum Gasteiger partial charge on any atom is 0.314 e. The van der Waals surface area contributed by atoms with Gasteiger partial charge in [0.05, 0.1) is 12.0 Å². The summed E-state index contributed by atoms with van der Waals surface area (Å²) in [5, 5.41) is 2.12. The number of nitrogens with zero attached hydrogens (tertiary/aromatic N) is 1. The molecule has 0 amide bonds. The van der Waals surface area contributed by atoms with E-state index < -0.39 is 0 Å². The molecule has 0 saturated carbocycles. The number of ether oxygens (including phenoxy) is 1. The summed E-state index contributed by atoms with van der Waals surface area (Å²) < 4.78 is 5.37. The summed E-state index contributed by atoms with van der Waals surface area (Å²) in [5.41, 5.74) is -0.235. The Balaban J connectivity index is 1.81. The third-order valence-electron chi connectivity index (χ3n) is 5.01. The average molecular weight is 263 g/mol. The van der Waals surface area contributed by atoms with Crippen LogP contribution < -0.4 is 0 Å². The fourth-order valence-corrected chi connectivity index (χ4v) is 5.18. The lowest BCUT2D eigenvalue weighted by Crippen LogP contribution is -2.41. The topological polar surface area (TPSA) is 29.5 Å². The Morgan fingerprint density at radius 1 is 1.50 bits per heavy atom. The molecule has 4 rings (SSSR count). The Bertz CT molecular complexity index is 472. The summed E-state index contributed by atoms with van der Waals surface area (Å²) in [6.45, 7) is 2.81. The third-order valence-corrected chi connectivity index (χ3v) is 6.00. The number of carbonyl (C=O) groups is 1. The Labute approximate surface area is 111 Å². The predicted molar refractivity (Wildman–Crippen MR) is 69.7 cm³/mol. The SMILES string of the molecule is O=C1OCC[C@]12[C@@H](c1cccs1)CN1CCC[C@@H]12. The van der Waals surface area contributed by atoms with E-state index in [1.54, 1.807) is 11.3 Å². The van der Waals surface area contributed by atoms with E-state index in [1.165, 1.54) is 11.3 Å². The smallest absolute Gasteiger partial charge is 0.314 e. The third kappa shape index (κ3) is 1.25. The zero-order valence-corrected chi connectivity index (χ0v) is 11.1. The van der Waals surface area contributed by atoms with Crippen molar-refractivity contribution in [1.29, 1.82) is 0 Å². The van der Waals surface area contributed by atoms with Gasteiger partial charge in [-0.25, -0.2) is 0 Å². The Morgan fingerprint density at radius 2 is 2.44 bits per heavy atom. The van der Waals surface area contributed by atoms with Crippen molar-refractivity contribution in [2.75, 3.05) is 19.7 Å². The van der Waals surface area contributed by atoms with Crippen molar-refractivity contribution in [3.05, 3.63) is 22.4 Å². The van der Waals surface area contributed by atoms with Gasteiger partial charge in [0.25, 0.3) is 0 Å². The molecular weight excluding hydrogens is 246 g/mol. The molecule has 0 bridgehead atoms. The highest BCUT2D eigenvalue weighted by atomic mass is 32.1. The van der Waals surface area contributed by atoms with Crippen LogP contribution in [-0.2, 0) is 9.53 Å². The van der Waals surface area contributed by atoms with Gasteiger partial charge in [0.2, 0.25) is 0 Å². The van der Waals surface area contributed by atoms with Gasteiger partial charge >= 0.3 is 5.97 Å². The number of esters is 1. The molecule has 3 nitrogen and oxygen atoms in total. The minimum Gasteiger partial charge on any atom is -0.465 e. The Hall–Kier alpha value is -0.870. The molecule has 0 unspecified atom stereocenters. The van der Waals surface area contributed by atoms with Crippen LogP contribution in [0, 0.1) is 5.41 Å². The van der Waals surface area contributed by atoms with Gasteiger partial charge in [0, 0.05) is 23.4 Å². The van der Waals surface area contributed by atoms with Gasteiger partial charge in [0.15, 0.2) is 0 Å². The van der Waals surface area contributed by atoms with E-state index in [2.05, 4.69) is 22.4 Å². The van der Waals surface area contributed by atoms with Crippen LogP contribution in [0.3, 0.4) is 0 Å². The van der Waals surface area contributed by atoms with Gasteiger partial charge in [-0.15, -0.1) is 11.3 Å². The first-order chi connectivity index (χ1) is 8.82. The second-order valence-electron chi connectivity index (χ2n) is 5.65. The van der Waals surface area contributed by atoms with E-state index in [0.717, 1.165) is 25.9 Å². The molecule has 3 aliphatic heterocycles. The standard InChI is InChI=1S/C14H17NO2S/c16-13-14(5-7-17-13)10(11-3-2-8-18-11)9-15-6-1-4-12(14)15/h2-3,8,10,12H,1,4-7,9H2/t10-,12-,14-/m1/s1. The van der Waals surface area contributed by atoms with E-state index in [4.69, 9.17) is 4.74 Å². The highest BCUT2D eigenvalue weighted by molar-refractivity contribution is 7.10. The number of carbonyl (C=O) groups excluding carboxylic acids is 1. The van der Waals surface area contributed by atoms with Gasteiger partial charge in [-0.1, -0.05) is 6.07 Å². The fourth-order valence-electron chi connectivity index (χ4n) is 4.26. The van der Waals surface area contributed by atoms with Crippen molar-refractivity contribution in [2.24, 2.45) is 5.41 Å². The zero-order chi connectivity index (χ0) is 12.2. The molecular formula is C14H17NO2S. The van der Waals surface area contributed by atoms with E-state index >= 15 is 0 Å². The number of cyclic esters (lactones) is 1. The molecule has 3 atom stereocenters. The Kier molecular flexibility index (Phi) is 2.33. The molecule has 0 radical (unpaired) electrons. The molecule has 3 aliphatic rings. The molecule has 0 aliphatic carbocycles. The van der Waals surface area contributed by atoms with Gasteiger partial charge in [-0.3, -0.25) is 9.69 Å². The summed E-state index contributed by atoms with van der Waals surface area (Å²) >= 11 is 1.79. The summed E-state index contributed by atoms with van der Waals surface area (Å²) in [4.78, 5) is 16.3. The first kappa shape index (κ1) is 11.0. The molecule has 18 heavy (non-hydrogen) atoms. The number of fused-ring (bicyclic) bond motifs is 2. The van der Waals surface area contributed by atoms with Crippen LogP contribution in [0.25, 0.3) is 0 Å². The van der Waals surface area contributed by atoms with Crippen LogP contribution in [0.4, 0.5) is 0 Å². The molecule has 3 fully saturated rings. The molecule has 96 valence electrons. The first-order valence-corrected chi connectivity index (χ1v) is 7.65. The maximum absolute atomic E-state index is 12.4. The minimum atomic E-state index is -0.235. The highest BCUT2D eigenvalue weighted by Gasteiger charge is 2.63. The van der Waals surface area contributed by atoms with E-state index in [1.807, 2.05) is 0 Å². The number of rotatable bonds is 1. The van der Waals surface area contributed by atoms with Crippen molar-refractivity contribution in [1.82, 2.24) is 4.90 Å². The van der Waals surface area contributed by atoms with Crippen LogP contribution in [0.2, 0.25) is 0 Å². The summed E-state index contributed by atoms with van der Waals surface area (Å²) in [6, 6.07) is 4.71. The molecule has 4 heterocycles. The normalized spacial score (nSPS) is 39.4. The predicted octanol–water partition coefficient (Wildman–Crippen LogP) is 2.24. The molecule has 0 aromatic carbocycles. The van der Waals surface area contributed by atoms with Crippen molar-refractivity contribution < 1.29 is 9.53 Å². The molecule has 3 saturated heterocycles. The van der Waals surface area contributed by atoms with E-state index in [9.17, 15) is 4.79 Å². The highest BCUT2D eigenvalue weighted by Crippen LogP contribution is 2.56. The largest absolute Gasteiger partial charge is 0.465 e. The van der Waals surface area contributed by atoms with Gasteiger partial charge in [-0.2, -0.15) is 0 Å². The molecule has 4 heteroatoms. The fraction of sp³-hybridized carbons (Fsp3) is 0.643. The quantitative estimate of drug-likeness (QED) is 0.728. The lowest BCUT2D eigenvalue weighted by molar-refractivity contribution is -0.147. The van der Waals surface area contributed by atoms with Crippen LogP contribution >= 0.6 is 11.3 Å². The van der Waals surface area contributed by atoms with Gasteiger partial charge in [0.1, 0.15) is 0 Å². The number of hydrogen-bond acceptors (Lipinski definition) is 4. The van der Waals surface area contributed by atoms with Crippen molar-refractivity contribution in [3.63, 3.8) is 0 Å². The van der Waals surface area contributed by atoms with E-state index in [0.29, 0.717) is 18.6 Å². The van der Waals surface area contributed by atoms with Crippen molar-refractivity contribution in [2.45, 2.75) is 31.2 Å². The van der Waals surface area contributed by atoms with E-state index in [-0.39, 0.29) is 11.4 Å². The van der Waals surface area contributed by atoms with Crippen molar-refractivity contribution in [3.8, 4) is 0 Å². The molecule has 1 aromatic heterocycles. The Morgan fingerprint density at radius 3 is 3.17 bits per heavy atom. The maximum atomic E-state index is 12.4. The second-order valence-corrected chi connectivity index (χ2v) is 6.63. The average Bonchev–Trinajstić information content (AvgIpc) is 3.09. The van der Waals surface area contributed by atoms with Crippen LogP contribution in [0.15, 0.2) is 17.5 Å². The molecule has 0 N–H and O–H groups in total. The monoisotopic (exact) mass is 263 g/mol. The zero-order valence-electron chi connectivity index (χ0n) is 10.3. The lowest BCUT2D eigenvalue weighted by Gasteiger charge is -2.30. The van der Waals surface area contributed by atoms with Gasteiger partial charge in [-0.05, 0) is 37.3 Å². The summed E-state index contributed by atoms with van der Waals surface area (Å²) in [7, 11) is 0. The van der Waals surface area contributed by atoms with Crippen molar-refractivity contribution >= 4 is 17.3 Å². The summed E-state index contributed by atoms with van der Waals surface area (Å²) in [6.07, 6.45) is 3.31. The molecule has 1 aromatic rings. The number of thiophene rings is 1. The van der Waals surface area contributed by atoms with Gasteiger partial charge < -0.3 is 4.74 Å². The molecule has 1 spiro atoms. The summed E-state index contributed by atoms with van der Waals surface area (Å²) in [5.74, 6) is 0.424. The second kappa shape index (κ2) is 3.81.